The van der Waals surface area contributed by atoms with E-state index >= 15 is 0 Å². The highest BCUT2D eigenvalue weighted by Crippen LogP contribution is 2.36. The number of hydrogen-bond donors (Lipinski definition) is 0. The summed E-state index contributed by atoms with van der Waals surface area (Å²) in [6.07, 6.45) is 8.25. The first-order valence-electron chi connectivity index (χ1n) is 13.5. The Morgan fingerprint density at radius 2 is 1.53 bits per heavy atom. The first-order chi connectivity index (χ1) is 18.3. The van der Waals surface area contributed by atoms with Gasteiger partial charge in [-0.25, -0.2) is 0 Å². The quantitative estimate of drug-likeness (QED) is 0.271. The van der Waals surface area contributed by atoms with E-state index in [4.69, 9.17) is 4.84 Å². The predicted octanol–water partition coefficient (Wildman–Crippen LogP) is 7.27. The third-order valence-corrected chi connectivity index (χ3v) is 7.55. The van der Waals surface area contributed by atoms with Crippen molar-refractivity contribution >= 4 is 23.3 Å². The smallest absolute Gasteiger partial charge is 0.247 e. The summed E-state index contributed by atoms with van der Waals surface area (Å²) in [4.78, 5) is 21.4. The summed E-state index contributed by atoms with van der Waals surface area (Å²) in [5, 5.41) is 4.41. The average Bonchev–Trinajstić information content (AvgIpc) is 3.35. The first-order valence-corrected chi connectivity index (χ1v) is 13.5. The molecule has 3 aromatic carbocycles. The minimum Gasteiger partial charge on any atom is -0.388 e. The van der Waals surface area contributed by atoms with E-state index in [1.54, 1.807) is 6.08 Å². The number of carbonyl (C=O) groups excluding carboxylic acids is 1. The lowest BCUT2D eigenvalue weighted by Crippen LogP contribution is -2.46. The number of likely N-dealkylation sites (tertiary alicyclic amines) is 1. The maximum atomic E-state index is 13.5. The van der Waals surface area contributed by atoms with Gasteiger partial charge in [-0.3, -0.25) is 4.79 Å². The Morgan fingerprint density at radius 3 is 2.16 bits per heavy atom. The van der Waals surface area contributed by atoms with Crippen LogP contribution in [-0.2, 0) is 15.0 Å². The van der Waals surface area contributed by atoms with Gasteiger partial charge in [0.2, 0.25) is 5.91 Å². The van der Waals surface area contributed by atoms with Crippen molar-refractivity contribution in [3.05, 3.63) is 119 Å². The maximum Gasteiger partial charge on any atom is 0.247 e. The summed E-state index contributed by atoms with van der Waals surface area (Å²) < 4.78 is 0. The van der Waals surface area contributed by atoms with E-state index in [1.807, 2.05) is 47.4 Å². The van der Waals surface area contributed by atoms with Gasteiger partial charge < -0.3 is 9.74 Å². The standard InChI is InChI=1S/C34H36N2O2/c1-33(2,3)30-18-16-27(17-19-30)29(15-14-26-10-6-4-7-11-26)24-32(37)36-22-20-34(21-23-36)25-31(35-38-34)28-12-8-5-9-13-28/h4-19,24H,20-23,25H2,1-3H3/b15-14+,29-24-. The molecule has 0 atom stereocenters. The third kappa shape index (κ3) is 5.96. The van der Waals surface area contributed by atoms with Gasteiger partial charge in [0.05, 0.1) is 5.71 Å². The van der Waals surface area contributed by atoms with Gasteiger partial charge in [-0.2, -0.15) is 0 Å². The average molecular weight is 505 g/mol. The zero-order valence-corrected chi connectivity index (χ0v) is 22.6. The molecule has 0 N–H and O–H groups in total. The minimum absolute atomic E-state index is 0.0367. The van der Waals surface area contributed by atoms with Gasteiger partial charge >= 0.3 is 0 Å². The molecule has 4 heteroatoms. The summed E-state index contributed by atoms with van der Waals surface area (Å²) in [7, 11) is 0. The lowest BCUT2D eigenvalue weighted by Gasteiger charge is -2.36. The Labute approximate surface area is 226 Å². The minimum atomic E-state index is -0.301. The highest BCUT2D eigenvalue weighted by Gasteiger charge is 2.42. The van der Waals surface area contributed by atoms with Crippen LogP contribution in [-0.4, -0.2) is 35.2 Å². The monoisotopic (exact) mass is 504 g/mol. The van der Waals surface area contributed by atoms with Crippen molar-refractivity contribution in [3.63, 3.8) is 0 Å². The van der Waals surface area contributed by atoms with Crippen LogP contribution < -0.4 is 0 Å². The molecule has 0 saturated carbocycles. The number of benzene rings is 3. The molecule has 0 radical (unpaired) electrons. The van der Waals surface area contributed by atoms with Crippen LogP contribution in [0, 0.1) is 0 Å². The number of allylic oxidation sites excluding steroid dienone is 2. The fraction of sp³-hybridized carbons (Fsp3) is 0.294. The van der Waals surface area contributed by atoms with E-state index in [9.17, 15) is 4.79 Å². The molecule has 38 heavy (non-hydrogen) atoms. The summed E-state index contributed by atoms with van der Waals surface area (Å²) >= 11 is 0. The maximum absolute atomic E-state index is 13.5. The molecule has 5 rings (SSSR count). The molecule has 2 aliphatic heterocycles. The molecular formula is C34H36N2O2. The van der Waals surface area contributed by atoms with Crippen molar-refractivity contribution in [1.29, 1.82) is 0 Å². The molecule has 1 amide bonds. The van der Waals surface area contributed by atoms with E-state index in [2.05, 4.69) is 80.5 Å². The van der Waals surface area contributed by atoms with Crippen molar-refractivity contribution in [2.75, 3.05) is 13.1 Å². The molecule has 194 valence electrons. The lowest BCUT2D eigenvalue weighted by molar-refractivity contribution is -0.131. The zero-order valence-electron chi connectivity index (χ0n) is 22.6. The fourth-order valence-electron chi connectivity index (χ4n) is 5.07. The van der Waals surface area contributed by atoms with E-state index in [-0.39, 0.29) is 16.9 Å². The molecule has 2 aliphatic rings. The predicted molar refractivity (Wildman–Crippen MR) is 156 cm³/mol. The highest BCUT2D eigenvalue weighted by atomic mass is 16.7. The molecule has 0 aliphatic carbocycles. The number of nitrogens with zero attached hydrogens (tertiary/aromatic N) is 2. The topological polar surface area (TPSA) is 41.9 Å². The van der Waals surface area contributed by atoms with Gasteiger partial charge in [0.15, 0.2) is 0 Å². The van der Waals surface area contributed by atoms with Gasteiger partial charge in [0.1, 0.15) is 5.60 Å². The lowest BCUT2D eigenvalue weighted by atomic mass is 9.85. The highest BCUT2D eigenvalue weighted by molar-refractivity contribution is 6.02. The van der Waals surface area contributed by atoms with Crippen LogP contribution in [0.3, 0.4) is 0 Å². The third-order valence-electron chi connectivity index (χ3n) is 7.55. The Kier molecular flexibility index (Phi) is 7.33. The molecule has 1 saturated heterocycles. The summed E-state index contributed by atoms with van der Waals surface area (Å²) in [6, 6.07) is 29.0. The molecule has 0 unspecified atom stereocenters. The van der Waals surface area contributed by atoms with Gasteiger partial charge in [-0.1, -0.05) is 123 Å². The number of hydrogen-bond acceptors (Lipinski definition) is 3. The number of oxime groups is 1. The second-order valence-corrected chi connectivity index (χ2v) is 11.4. The van der Waals surface area contributed by atoms with E-state index < -0.39 is 0 Å². The van der Waals surface area contributed by atoms with Crippen LogP contribution in [0.4, 0.5) is 0 Å². The van der Waals surface area contributed by atoms with Crippen LogP contribution >= 0.6 is 0 Å². The Balaban J connectivity index is 1.31. The van der Waals surface area contributed by atoms with Gasteiger partial charge in [0, 0.05) is 38.4 Å². The number of carbonyl (C=O) groups is 1. The summed E-state index contributed by atoms with van der Waals surface area (Å²) in [6.45, 7) is 7.95. The molecule has 1 spiro atoms. The second kappa shape index (κ2) is 10.8. The van der Waals surface area contributed by atoms with Gasteiger partial charge in [-0.15, -0.1) is 0 Å². The van der Waals surface area contributed by atoms with Crippen molar-refractivity contribution in [1.82, 2.24) is 4.90 Å². The summed E-state index contributed by atoms with van der Waals surface area (Å²) in [5.74, 6) is 0.0367. The molecule has 1 fully saturated rings. The number of piperidine rings is 1. The van der Waals surface area contributed by atoms with Gasteiger partial charge in [0.25, 0.3) is 0 Å². The fourth-order valence-corrected chi connectivity index (χ4v) is 5.07. The first kappa shape index (κ1) is 25.7. The van der Waals surface area contributed by atoms with Crippen molar-refractivity contribution in [3.8, 4) is 0 Å². The molecule has 3 aromatic rings. The zero-order chi connectivity index (χ0) is 26.6. The molecule has 0 bridgehead atoms. The largest absolute Gasteiger partial charge is 0.388 e. The molecule has 4 nitrogen and oxygen atoms in total. The van der Waals surface area contributed by atoms with Crippen LogP contribution in [0.2, 0.25) is 0 Å². The molecular weight excluding hydrogens is 468 g/mol. The number of amides is 1. The van der Waals surface area contributed by atoms with Crippen molar-refractivity contribution < 1.29 is 9.63 Å². The van der Waals surface area contributed by atoms with Gasteiger partial charge in [-0.05, 0) is 33.2 Å². The van der Waals surface area contributed by atoms with Crippen LogP contribution in [0.5, 0.6) is 0 Å². The summed E-state index contributed by atoms with van der Waals surface area (Å²) in [5.41, 5.74) is 6.20. The van der Waals surface area contributed by atoms with E-state index in [1.165, 1.54) is 5.56 Å². The number of rotatable bonds is 5. The Bertz CT molecular complexity index is 1340. The van der Waals surface area contributed by atoms with E-state index in [0.29, 0.717) is 13.1 Å². The molecule has 2 heterocycles. The van der Waals surface area contributed by atoms with Crippen LogP contribution in [0.25, 0.3) is 11.6 Å². The molecule has 0 aromatic heterocycles. The Hall–Kier alpha value is -3.92. The van der Waals surface area contributed by atoms with Crippen molar-refractivity contribution in [2.24, 2.45) is 5.16 Å². The second-order valence-electron chi connectivity index (χ2n) is 11.4. The van der Waals surface area contributed by atoms with Crippen LogP contribution in [0.15, 0.2) is 102 Å². The van der Waals surface area contributed by atoms with Crippen molar-refractivity contribution in [2.45, 2.75) is 51.0 Å². The van der Waals surface area contributed by atoms with E-state index in [0.717, 1.165) is 47.2 Å². The Morgan fingerprint density at radius 1 is 0.895 bits per heavy atom. The normalized spacial score (nSPS) is 17.5. The SMILES string of the molecule is CC(C)(C)c1ccc(C(=C\C(=O)N2CCC3(CC2)CC(c2ccccc2)=NO3)/C=C/c2ccccc2)cc1. The van der Waals surface area contributed by atoms with Crippen LogP contribution in [0.1, 0.15) is 62.3 Å².